The predicted molar refractivity (Wildman–Crippen MR) is 104 cm³/mol. The average molecular weight is 382 g/mol. The summed E-state index contributed by atoms with van der Waals surface area (Å²) < 4.78 is 0. The molecule has 0 spiro atoms. The van der Waals surface area contributed by atoms with Crippen molar-refractivity contribution in [1.82, 2.24) is 10.6 Å². The second kappa shape index (κ2) is 8.87. The van der Waals surface area contributed by atoms with Gasteiger partial charge in [-0.2, -0.15) is 0 Å². The minimum atomic E-state index is -0.879. The van der Waals surface area contributed by atoms with E-state index in [-0.39, 0.29) is 5.91 Å². The van der Waals surface area contributed by atoms with Gasteiger partial charge in [0.25, 0.3) is 5.91 Å². The number of halogens is 2. The van der Waals surface area contributed by atoms with Crippen molar-refractivity contribution in [3.63, 3.8) is 0 Å². The molecule has 0 heterocycles. The highest BCUT2D eigenvalue weighted by Crippen LogP contribution is 2.10. The van der Waals surface area contributed by atoms with E-state index in [1.165, 1.54) is 0 Å². The Morgan fingerprint density at radius 3 is 2.21 bits per heavy atom. The van der Waals surface area contributed by atoms with Gasteiger partial charge in [0.1, 0.15) is 11.0 Å². The lowest BCUT2D eigenvalue weighted by atomic mass is 10.2. The van der Waals surface area contributed by atoms with E-state index in [1.807, 2.05) is 37.3 Å². The van der Waals surface area contributed by atoms with Gasteiger partial charge in [-0.15, -0.1) is 23.2 Å². The summed E-state index contributed by atoms with van der Waals surface area (Å²) in [5, 5.41) is 8.95. The van der Waals surface area contributed by atoms with Gasteiger partial charge in [0.15, 0.2) is 5.11 Å². The zero-order chi connectivity index (χ0) is 17.5. The van der Waals surface area contributed by atoms with E-state index in [0.717, 1.165) is 11.3 Å². The lowest BCUT2D eigenvalue weighted by molar-refractivity contribution is 0.0936. The first-order valence-electron chi connectivity index (χ1n) is 7.24. The minimum absolute atomic E-state index is 0.294. The molecule has 0 aliphatic carbocycles. The van der Waals surface area contributed by atoms with Crippen molar-refractivity contribution in [2.75, 3.05) is 5.32 Å². The number of rotatable bonds is 5. The smallest absolute Gasteiger partial charge is 0.252 e. The molecule has 0 aromatic heterocycles. The van der Waals surface area contributed by atoms with Crippen molar-refractivity contribution in [3.05, 3.63) is 65.7 Å². The molecule has 0 aliphatic rings. The van der Waals surface area contributed by atoms with Gasteiger partial charge in [-0.1, -0.05) is 35.9 Å². The molecule has 0 aliphatic heterocycles. The van der Waals surface area contributed by atoms with Crippen molar-refractivity contribution >= 4 is 52.1 Å². The van der Waals surface area contributed by atoms with Crippen LogP contribution < -0.4 is 16.0 Å². The Morgan fingerprint density at radius 1 is 1.00 bits per heavy atom. The number of hydrogen-bond donors (Lipinski definition) is 3. The number of carbonyl (C=O) groups excluding carboxylic acids is 1. The summed E-state index contributed by atoms with van der Waals surface area (Å²) in [6, 6.07) is 16.5. The molecule has 0 unspecified atom stereocenters. The number of amides is 1. The number of benzene rings is 2. The van der Waals surface area contributed by atoms with E-state index < -0.39 is 11.0 Å². The Labute approximate surface area is 156 Å². The third-order valence-electron chi connectivity index (χ3n) is 3.17. The first-order chi connectivity index (χ1) is 11.5. The molecule has 1 amide bonds. The Balaban J connectivity index is 1.96. The average Bonchev–Trinajstić information content (AvgIpc) is 2.57. The van der Waals surface area contributed by atoms with Gasteiger partial charge in [0, 0.05) is 11.3 Å². The van der Waals surface area contributed by atoms with E-state index in [1.54, 1.807) is 24.3 Å². The van der Waals surface area contributed by atoms with E-state index in [0.29, 0.717) is 10.7 Å². The van der Waals surface area contributed by atoms with Crippen molar-refractivity contribution in [2.24, 2.45) is 0 Å². The summed E-state index contributed by atoms with van der Waals surface area (Å²) in [6.45, 7) is 2.00. The Kier molecular flexibility index (Phi) is 6.85. The summed E-state index contributed by atoms with van der Waals surface area (Å²) >= 11 is 17.1. The van der Waals surface area contributed by atoms with Crippen molar-refractivity contribution in [3.8, 4) is 0 Å². The summed E-state index contributed by atoms with van der Waals surface area (Å²) in [4.78, 5) is 11.3. The molecule has 1 atom stereocenters. The molecule has 2 rings (SSSR count). The predicted octanol–water partition coefficient (Wildman–Crippen LogP) is 3.84. The maximum Gasteiger partial charge on any atom is 0.252 e. The monoisotopic (exact) mass is 381 g/mol. The highest BCUT2D eigenvalue weighted by Gasteiger charge is 2.21. The molecular weight excluding hydrogens is 365 g/mol. The molecule has 24 heavy (non-hydrogen) atoms. The fourth-order valence-electron chi connectivity index (χ4n) is 1.92. The zero-order valence-electron chi connectivity index (χ0n) is 12.9. The van der Waals surface area contributed by atoms with Crippen LogP contribution in [0.4, 0.5) is 5.69 Å². The number of alkyl halides is 2. The summed E-state index contributed by atoms with van der Waals surface area (Å²) in [7, 11) is 0. The first-order valence-corrected chi connectivity index (χ1v) is 8.52. The van der Waals surface area contributed by atoms with E-state index in [4.69, 9.17) is 35.4 Å². The molecule has 0 bridgehead atoms. The van der Waals surface area contributed by atoms with Crippen molar-refractivity contribution in [2.45, 2.75) is 17.9 Å². The largest absolute Gasteiger partial charge is 0.340 e. The normalized spacial score (nSPS) is 11.7. The number of thiocarbonyl (C=S) groups is 1. The fourth-order valence-corrected chi connectivity index (χ4v) is 2.42. The second-order valence-corrected chi connectivity index (χ2v) is 6.69. The van der Waals surface area contributed by atoms with Crippen LogP contribution in [0.5, 0.6) is 0 Å². The fraction of sp³-hybridized carbons (Fsp3) is 0.176. The van der Waals surface area contributed by atoms with Gasteiger partial charge >= 0.3 is 0 Å². The first kappa shape index (κ1) is 18.5. The van der Waals surface area contributed by atoms with Gasteiger partial charge in [-0.25, -0.2) is 0 Å². The van der Waals surface area contributed by atoms with Gasteiger partial charge in [-0.05, 0) is 43.4 Å². The molecule has 0 saturated heterocycles. The summed E-state index contributed by atoms with van der Waals surface area (Å²) in [6.07, 6.45) is -0.730. The van der Waals surface area contributed by atoms with Gasteiger partial charge in [0.05, 0.1) is 0 Å². The van der Waals surface area contributed by atoms with Crippen LogP contribution in [-0.2, 0) is 0 Å². The van der Waals surface area contributed by atoms with Gasteiger partial charge < -0.3 is 16.0 Å². The Morgan fingerprint density at radius 2 is 1.62 bits per heavy atom. The van der Waals surface area contributed by atoms with Crippen LogP contribution in [-0.4, -0.2) is 22.0 Å². The summed E-state index contributed by atoms with van der Waals surface area (Å²) in [5.41, 5.74) is 2.48. The Hall–Kier alpha value is -1.82. The number of aryl methyl sites for hydroxylation is 1. The molecule has 126 valence electrons. The molecule has 7 heteroatoms. The number of hydrogen-bond acceptors (Lipinski definition) is 2. The van der Waals surface area contributed by atoms with E-state index in [2.05, 4.69) is 16.0 Å². The van der Waals surface area contributed by atoms with Crippen LogP contribution >= 0.6 is 35.4 Å². The maximum absolute atomic E-state index is 12.2. The summed E-state index contributed by atoms with van der Waals surface area (Å²) in [5.74, 6) is -0.294. The van der Waals surface area contributed by atoms with Crippen molar-refractivity contribution in [1.29, 1.82) is 0 Å². The molecule has 2 aromatic rings. The topological polar surface area (TPSA) is 53.2 Å². The number of carbonyl (C=O) groups is 1. The van der Waals surface area contributed by atoms with Gasteiger partial charge in [0.2, 0.25) is 0 Å². The molecule has 2 aromatic carbocycles. The zero-order valence-corrected chi connectivity index (χ0v) is 15.3. The lowest BCUT2D eigenvalue weighted by Crippen LogP contribution is -2.52. The van der Waals surface area contributed by atoms with E-state index in [9.17, 15) is 4.79 Å². The van der Waals surface area contributed by atoms with Crippen molar-refractivity contribution < 1.29 is 4.79 Å². The standard InChI is InChI=1S/C17H17Cl2N3OS/c1-11-7-9-13(10-8-11)20-17(24)22-15(14(18)19)21-16(23)12-5-3-2-4-6-12/h2-10,14-15H,1H3,(H,21,23)(H2,20,22,24)/t15-/m1/s1. The van der Waals surface area contributed by atoms with Crippen LogP contribution in [0, 0.1) is 6.92 Å². The van der Waals surface area contributed by atoms with Crippen LogP contribution in [0.2, 0.25) is 0 Å². The third kappa shape index (κ3) is 5.67. The van der Waals surface area contributed by atoms with Crippen LogP contribution in [0.1, 0.15) is 15.9 Å². The van der Waals surface area contributed by atoms with Crippen LogP contribution in [0.3, 0.4) is 0 Å². The van der Waals surface area contributed by atoms with E-state index >= 15 is 0 Å². The maximum atomic E-state index is 12.2. The number of nitrogens with one attached hydrogen (secondary N) is 3. The highest BCUT2D eigenvalue weighted by molar-refractivity contribution is 7.80. The number of anilines is 1. The lowest BCUT2D eigenvalue weighted by Gasteiger charge is -2.23. The molecule has 0 fully saturated rings. The minimum Gasteiger partial charge on any atom is -0.340 e. The molecule has 0 saturated carbocycles. The molecule has 0 radical (unpaired) electrons. The Bertz CT molecular complexity index is 693. The molecule has 4 nitrogen and oxygen atoms in total. The van der Waals surface area contributed by atoms with Gasteiger partial charge in [-0.3, -0.25) is 4.79 Å². The van der Waals surface area contributed by atoms with Crippen LogP contribution in [0.15, 0.2) is 54.6 Å². The van der Waals surface area contributed by atoms with Crippen LogP contribution in [0.25, 0.3) is 0 Å². The SMILES string of the molecule is Cc1ccc(NC(=S)N[C@@H](NC(=O)c2ccccc2)C(Cl)Cl)cc1. The molecular formula is C17H17Cl2N3OS. The highest BCUT2D eigenvalue weighted by atomic mass is 35.5. The third-order valence-corrected chi connectivity index (χ3v) is 3.89. The molecule has 3 N–H and O–H groups in total. The second-order valence-electron chi connectivity index (χ2n) is 5.12. The quantitative estimate of drug-likeness (QED) is 0.418.